The summed E-state index contributed by atoms with van der Waals surface area (Å²) in [5.41, 5.74) is 6.34. The van der Waals surface area contributed by atoms with Crippen LogP contribution in [0, 0.1) is 0 Å². The van der Waals surface area contributed by atoms with E-state index < -0.39 is 0 Å². The molecule has 0 aliphatic carbocycles. The number of hydrogen-bond donors (Lipinski definition) is 4. The van der Waals surface area contributed by atoms with Crippen LogP contribution in [0.25, 0.3) is 0 Å². The first-order valence-electron chi connectivity index (χ1n) is 5.67. The topological polar surface area (TPSA) is 130 Å². The van der Waals surface area contributed by atoms with E-state index in [0.29, 0.717) is 19.4 Å². The van der Waals surface area contributed by atoms with Crippen LogP contribution < -0.4 is 11.1 Å². The molecule has 1 rings (SSSR count). The zero-order valence-corrected chi connectivity index (χ0v) is 10.3. The second-order valence-corrected chi connectivity index (χ2v) is 3.64. The molecule has 8 heteroatoms. The zero-order chi connectivity index (χ0) is 13.4. The summed E-state index contributed by atoms with van der Waals surface area (Å²) in [7, 11) is 0. The zero-order valence-electron chi connectivity index (χ0n) is 10.3. The van der Waals surface area contributed by atoms with Crippen LogP contribution in [0.5, 0.6) is 0 Å². The highest BCUT2D eigenvalue weighted by atomic mass is 16.3. The van der Waals surface area contributed by atoms with E-state index in [-0.39, 0.29) is 31.1 Å². The maximum atomic E-state index is 8.72. The van der Waals surface area contributed by atoms with Gasteiger partial charge in [-0.05, 0) is 19.8 Å². The van der Waals surface area contributed by atoms with E-state index in [1.54, 1.807) is 0 Å². The summed E-state index contributed by atoms with van der Waals surface area (Å²) in [6.07, 6.45) is 1.31. The molecule has 0 atom stereocenters. The van der Waals surface area contributed by atoms with Crippen molar-refractivity contribution in [3.8, 4) is 0 Å². The molecular weight excluding hydrogens is 236 g/mol. The molecule has 0 unspecified atom stereocenters. The number of nitrogens with two attached hydrogens (primary N) is 1. The Labute approximate surface area is 105 Å². The highest BCUT2D eigenvalue weighted by molar-refractivity contribution is 5.83. The number of nitrogen functional groups attached to an aromatic ring is 1. The van der Waals surface area contributed by atoms with Gasteiger partial charge in [-0.25, -0.2) is 4.99 Å². The molecule has 100 valence electrons. The number of rotatable bonds is 7. The van der Waals surface area contributed by atoms with Crippen LogP contribution in [0.1, 0.15) is 19.8 Å². The smallest absolute Gasteiger partial charge is 0.255 e. The van der Waals surface area contributed by atoms with E-state index >= 15 is 0 Å². The van der Waals surface area contributed by atoms with Crippen LogP contribution >= 0.6 is 0 Å². The van der Waals surface area contributed by atoms with Crippen molar-refractivity contribution in [2.75, 3.05) is 30.8 Å². The van der Waals surface area contributed by atoms with E-state index in [4.69, 9.17) is 15.9 Å². The molecule has 1 heterocycles. The molecule has 18 heavy (non-hydrogen) atoms. The first kappa shape index (κ1) is 14.3. The molecule has 1 aromatic heterocycles. The molecule has 0 fully saturated rings. The number of anilines is 2. The minimum Gasteiger partial charge on any atom is -0.396 e. The van der Waals surface area contributed by atoms with Crippen molar-refractivity contribution in [3.63, 3.8) is 0 Å². The van der Waals surface area contributed by atoms with Crippen molar-refractivity contribution < 1.29 is 10.2 Å². The lowest BCUT2D eigenvalue weighted by Crippen LogP contribution is -2.10. The second-order valence-electron chi connectivity index (χ2n) is 3.64. The monoisotopic (exact) mass is 254 g/mol. The first-order chi connectivity index (χ1) is 8.65. The van der Waals surface area contributed by atoms with Gasteiger partial charge in [-0.3, -0.25) is 0 Å². The van der Waals surface area contributed by atoms with Gasteiger partial charge in [0.15, 0.2) is 0 Å². The van der Waals surface area contributed by atoms with Crippen LogP contribution in [0.3, 0.4) is 0 Å². The standard InChI is InChI=1S/C10H18N6O2/c1-7(3-2-5-17)13-10-15-8(11)14-9(16-10)12-4-6-18/h17-18H,2-6H2,1H3,(H3,11,12,14,15,16)/b13-7+. The minimum atomic E-state index is -0.0281. The molecule has 0 bridgehead atoms. The summed E-state index contributed by atoms with van der Waals surface area (Å²) in [5.74, 6) is 0.572. The lowest BCUT2D eigenvalue weighted by atomic mass is 10.2. The van der Waals surface area contributed by atoms with Gasteiger partial charge in [0.25, 0.3) is 5.95 Å². The molecule has 0 amide bonds. The van der Waals surface area contributed by atoms with E-state index in [2.05, 4.69) is 25.3 Å². The molecule has 0 saturated carbocycles. The Balaban J connectivity index is 2.78. The maximum Gasteiger partial charge on any atom is 0.255 e. The number of hydrogen-bond acceptors (Lipinski definition) is 8. The molecule has 1 aromatic rings. The van der Waals surface area contributed by atoms with Gasteiger partial charge < -0.3 is 21.3 Å². The van der Waals surface area contributed by atoms with Crippen molar-refractivity contribution in [3.05, 3.63) is 0 Å². The fraction of sp³-hybridized carbons (Fsp3) is 0.600. The second kappa shape index (κ2) is 7.51. The van der Waals surface area contributed by atoms with Gasteiger partial charge >= 0.3 is 0 Å². The van der Waals surface area contributed by atoms with Crippen LogP contribution in [-0.2, 0) is 0 Å². The molecule has 0 saturated heterocycles. The summed E-state index contributed by atoms with van der Waals surface area (Å²) in [5, 5.41) is 20.2. The van der Waals surface area contributed by atoms with Gasteiger partial charge in [-0.2, -0.15) is 15.0 Å². The highest BCUT2D eigenvalue weighted by Gasteiger charge is 2.03. The van der Waals surface area contributed by atoms with E-state index in [1.165, 1.54) is 0 Å². The van der Waals surface area contributed by atoms with Gasteiger partial charge in [-0.15, -0.1) is 0 Å². The van der Waals surface area contributed by atoms with Gasteiger partial charge in [0, 0.05) is 18.9 Å². The van der Waals surface area contributed by atoms with Crippen molar-refractivity contribution >= 4 is 23.6 Å². The van der Waals surface area contributed by atoms with Crippen LogP contribution in [-0.4, -0.2) is 50.6 Å². The molecule has 8 nitrogen and oxygen atoms in total. The van der Waals surface area contributed by atoms with Crippen molar-refractivity contribution in [2.24, 2.45) is 4.99 Å². The Morgan fingerprint density at radius 2 is 2.06 bits per heavy atom. The largest absolute Gasteiger partial charge is 0.396 e. The molecular formula is C10H18N6O2. The SMILES string of the molecule is C/C(CCCO)=N\c1nc(N)nc(NCCO)n1. The number of aromatic nitrogens is 3. The van der Waals surface area contributed by atoms with Crippen LogP contribution in [0.2, 0.25) is 0 Å². The fourth-order valence-electron chi connectivity index (χ4n) is 1.24. The van der Waals surface area contributed by atoms with Gasteiger partial charge in [0.1, 0.15) is 0 Å². The summed E-state index contributed by atoms with van der Waals surface area (Å²) in [6.45, 7) is 2.25. The normalized spacial score (nSPS) is 11.6. The summed E-state index contributed by atoms with van der Waals surface area (Å²) in [4.78, 5) is 16.0. The Hall–Kier alpha value is -1.80. The average molecular weight is 254 g/mol. The quantitative estimate of drug-likeness (QED) is 0.492. The number of nitrogens with one attached hydrogen (secondary N) is 1. The minimum absolute atomic E-state index is 0.0281. The number of aliphatic hydroxyl groups excluding tert-OH is 2. The third-order valence-corrected chi connectivity index (χ3v) is 2.02. The summed E-state index contributed by atoms with van der Waals surface area (Å²) >= 11 is 0. The molecule has 0 spiro atoms. The van der Waals surface area contributed by atoms with Crippen molar-refractivity contribution in [2.45, 2.75) is 19.8 Å². The molecule has 0 aromatic carbocycles. The Kier molecular flexibility index (Phi) is 5.95. The maximum absolute atomic E-state index is 8.72. The third kappa shape index (κ3) is 5.02. The Bertz CT molecular complexity index is 409. The number of aliphatic imine (C=N–C) groups is 1. The van der Waals surface area contributed by atoms with E-state index in [9.17, 15) is 0 Å². The lowest BCUT2D eigenvalue weighted by molar-refractivity contribution is 0.291. The summed E-state index contributed by atoms with van der Waals surface area (Å²) in [6, 6.07) is 0. The molecule has 0 aliphatic heterocycles. The highest BCUT2D eigenvalue weighted by Crippen LogP contribution is 2.10. The molecule has 0 radical (unpaired) electrons. The van der Waals surface area contributed by atoms with E-state index in [0.717, 1.165) is 5.71 Å². The average Bonchev–Trinajstić information content (AvgIpc) is 2.33. The molecule has 0 aliphatic rings. The van der Waals surface area contributed by atoms with Crippen LogP contribution in [0.4, 0.5) is 17.8 Å². The predicted octanol–water partition coefficient (Wildman–Crippen LogP) is -0.277. The summed E-state index contributed by atoms with van der Waals surface area (Å²) < 4.78 is 0. The van der Waals surface area contributed by atoms with Gasteiger partial charge in [0.2, 0.25) is 11.9 Å². The number of aliphatic hydroxyl groups is 2. The lowest BCUT2D eigenvalue weighted by Gasteiger charge is -2.04. The Morgan fingerprint density at radius 1 is 1.28 bits per heavy atom. The Morgan fingerprint density at radius 3 is 2.72 bits per heavy atom. The predicted molar refractivity (Wildman–Crippen MR) is 68.9 cm³/mol. The molecule has 5 N–H and O–H groups in total. The van der Waals surface area contributed by atoms with E-state index in [1.807, 2.05) is 6.92 Å². The van der Waals surface area contributed by atoms with Crippen LogP contribution in [0.15, 0.2) is 4.99 Å². The van der Waals surface area contributed by atoms with Gasteiger partial charge in [-0.1, -0.05) is 0 Å². The number of nitrogens with zero attached hydrogens (tertiary/aromatic N) is 4. The van der Waals surface area contributed by atoms with Gasteiger partial charge in [0.05, 0.1) is 6.61 Å². The first-order valence-corrected chi connectivity index (χ1v) is 5.67. The van der Waals surface area contributed by atoms with Crippen molar-refractivity contribution in [1.82, 2.24) is 15.0 Å². The van der Waals surface area contributed by atoms with Crippen molar-refractivity contribution in [1.29, 1.82) is 0 Å². The fourth-order valence-corrected chi connectivity index (χ4v) is 1.24. The third-order valence-electron chi connectivity index (χ3n) is 2.02.